The number of benzene rings is 1. The van der Waals surface area contributed by atoms with Crippen molar-refractivity contribution < 1.29 is 9.53 Å². The molecule has 0 heterocycles. The first kappa shape index (κ1) is 15.9. The summed E-state index contributed by atoms with van der Waals surface area (Å²) in [6, 6.07) is 8.23. The molecule has 0 saturated heterocycles. The highest BCUT2D eigenvalue weighted by Gasteiger charge is 2.12. The minimum Gasteiger partial charge on any atom is -0.383 e. The number of ether oxygens (including phenoxy) is 1. The summed E-state index contributed by atoms with van der Waals surface area (Å²) in [6.07, 6.45) is 0.561. The van der Waals surface area contributed by atoms with Crippen LogP contribution in [-0.4, -0.2) is 43.5 Å². The number of rotatable bonds is 8. The molecule has 3 heteroatoms. The summed E-state index contributed by atoms with van der Waals surface area (Å²) in [4.78, 5) is 14.4. The van der Waals surface area contributed by atoms with Crippen LogP contribution in [0.25, 0.3) is 0 Å². The Morgan fingerprint density at radius 3 is 2.63 bits per heavy atom. The summed E-state index contributed by atoms with van der Waals surface area (Å²) in [5, 5.41) is 0. The Kier molecular flexibility index (Phi) is 6.74. The van der Waals surface area contributed by atoms with E-state index in [0.29, 0.717) is 19.1 Å². The van der Waals surface area contributed by atoms with E-state index in [4.69, 9.17) is 4.74 Å². The zero-order chi connectivity index (χ0) is 14.3. The van der Waals surface area contributed by atoms with Gasteiger partial charge in [-0.15, -0.1) is 0 Å². The lowest BCUT2D eigenvalue weighted by Crippen LogP contribution is -2.35. The van der Waals surface area contributed by atoms with Gasteiger partial charge in [-0.25, -0.2) is 0 Å². The van der Waals surface area contributed by atoms with Crippen LogP contribution >= 0.6 is 0 Å². The number of carbonyl (C=O) groups excluding carboxylic acids is 1. The number of ketones is 1. The third kappa shape index (κ3) is 5.53. The molecule has 1 aromatic carbocycles. The van der Waals surface area contributed by atoms with Crippen molar-refractivity contribution in [3.8, 4) is 0 Å². The normalized spacial score (nSPS) is 11.3. The maximum absolute atomic E-state index is 12.1. The van der Waals surface area contributed by atoms with Crippen molar-refractivity contribution in [3.63, 3.8) is 0 Å². The van der Waals surface area contributed by atoms with Crippen LogP contribution in [0.15, 0.2) is 24.3 Å². The van der Waals surface area contributed by atoms with Gasteiger partial charge in [-0.3, -0.25) is 9.69 Å². The van der Waals surface area contributed by atoms with E-state index in [-0.39, 0.29) is 5.78 Å². The van der Waals surface area contributed by atoms with Crippen molar-refractivity contribution in [2.45, 2.75) is 33.2 Å². The van der Waals surface area contributed by atoms with Crippen molar-refractivity contribution in [1.29, 1.82) is 0 Å². The first-order valence-electron chi connectivity index (χ1n) is 6.87. The number of aryl methyl sites for hydroxylation is 1. The minimum atomic E-state index is 0.215. The Morgan fingerprint density at radius 2 is 2.05 bits per heavy atom. The summed E-state index contributed by atoms with van der Waals surface area (Å²) in [7, 11) is 1.70. The molecule has 0 spiro atoms. The van der Waals surface area contributed by atoms with Crippen LogP contribution in [0.2, 0.25) is 0 Å². The SMILES string of the molecule is COCCN(CCC(=O)c1cccc(C)c1)C(C)C. The fourth-order valence-corrected chi connectivity index (χ4v) is 2.04. The molecule has 1 rings (SSSR count). The minimum absolute atomic E-state index is 0.215. The molecule has 0 aliphatic heterocycles. The van der Waals surface area contributed by atoms with Crippen LogP contribution in [0.5, 0.6) is 0 Å². The average molecular weight is 263 g/mol. The Balaban J connectivity index is 2.52. The Morgan fingerprint density at radius 1 is 1.32 bits per heavy atom. The van der Waals surface area contributed by atoms with E-state index in [1.54, 1.807) is 7.11 Å². The van der Waals surface area contributed by atoms with Gasteiger partial charge in [0.25, 0.3) is 0 Å². The molecular weight excluding hydrogens is 238 g/mol. The maximum Gasteiger partial charge on any atom is 0.164 e. The van der Waals surface area contributed by atoms with E-state index in [1.165, 1.54) is 0 Å². The third-order valence-electron chi connectivity index (χ3n) is 3.28. The molecule has 3 nitrogen and oxygen atoms in total. The van der Waals surface area contributed by atoms with Gasteiger partial charge >= 0.3 is 0 Å². The van der Waals surface area contributed by atoms with Crippen LogP contribution in [-0.2, 0) is 4.74 Å². The number of methoxy groups -OCH3 is 1. The maximum atomic E-state index is 12.1. The summed E-state index contributed by atoms with van der Waals surface area (Å²) < 4.78 is 5.10. The van der Waals surface area contributed by atoms with Gasteiger partial charge in [-0.05, 0) is 26.8 Å². The fourth-order valence-electron chi connectivity index (χ4n) is 2.04. The zero-order valence-electron chi connectivity index (χ0n) is 12.5. The van der Waals surface area contributed by atoms with E-state index in [2.05, 4.69) is 18.7 Å². The number of nitrogens with zero attached hydrogens (tertiary/aromatic N) is 1. The second kappa shape index (κ2) is 8.08. The predicted molar refractivity (Wildman–Crippen MR) is 78.7 cm³/mol. The Labute approximate surface area is 116 Å². The van der Waals surface area contributed by atoms with Gasteiger partial charge in [0.15, 0.2) is 5.78 Å². The molecule has 0 aliphatic rings. The molecule has 1 aromatic rings. The summed E-state index contributed by atoms with van der Waals surface area (Å²) >= 11 is 0. The fraction of sp³-hybridized carbons (Fsp3) is 0.562. The molecule has 0 unspecified atom stereocenters. The average Bonchev–Trinajstić information content (AvgIpc) is 2.38. The molecule has 0 aromatic heterocycles. The van der Waals surface area contributed by atoms with Crippen LogP contribution in [0.4, 0.5) is 0 Å². The quantitative estimate of drug-likeness (QED) is 0.675. The molecule has 106 valence electrons. The van der Waals surface area contributed by atoms with Gasteiger partial charge in [0.1, 0.15) is 0 Å². The monoisotopic (exact) mass is 263 g/mol. The molecule has 0 atom stereocenters. The van der Waals surface area contributed by atoms with E-state index in [1.807, 2.05) is 31.2 Å². The van der Waals surface area contributed by atoms with Gasteiger partial charge in [-0.1, -0.05) is 23.8 Å². The second-order valence-electron chi connectivity index (χ2n) is 5.17. The lowest BCUT2D eigenvalue weighted by molar-refractivity contribution is 0.0927. The van der Waals surface area contributed by atoms with Gasteiger partial charge in [0.05, 0.1) is 6.61 Å². The molecule has 0 bridgehead atoms. The zero-order valence-corrected chi connectivity index (χ0v) is 12.5. The molecule has 19 heavy (non-hydrogen) atoms. The van der Waals surface area contributed by atoms with Crippen molar-refractivity contribution in [2.75, 3.05) is 26.8 Å². The van der Waals surface area contributed by atoms with Gasteiger partial charge in [-0.2, -0.15) is 0 Å². The van der Waals surface area contributed by atoms with Crippen LogP contribution < -0.4 is 0 Å². The van der Waals surface area contributed by atoms with Gasteiger partial charge < -0.3 is 4.74 Å². The Hall–Kier alpha value is -1.19. The molecule has 0 radical (unpaired) electrons. The molecule has 0 saturated carbocycles. The summed E-state index contributed by atoms with van der Waals surface area (Å²) in [5.74, 6) is 0.215. The molecule has 0 aliphatic carbocycles. The Bertz CT molecular complexity index is 401. The van der Waals surface area contributed by atoms with Crippen molar-refractivity contribution in [1.82, 2.24) is 4.90 Å². The topological polar surface area (TPSA) is 29.5 Å². The number of Topliss-reactive ketones (excluding diaryl/α,β-unsaturated/α-hetero) is 1. The van der Waals surface area contributed by atoms with Crippen molar-refractivity contribution >= 4 is 5.78 Å². The molecule has 0 amide bonds. The first-order chi connectivity index (χ1) is 9.04. The highest BCUT2D eigenvalue weighted by atomic mass is 16.5. The first-order valence-corrected chi connectivity index (χ1v) is 6.87. The third-order valence-corrected chi connectivity index (χ3v) is 3.28. The number of carbonyl (C=O) groups is 1. The van der Waals surface area contributed by atoms with Crippen LogP contribution in [0.3, 0.4) is 0 Å². The lowest BCUT2D eigenvalue weighted by Gasteiger charge is -2.25. The van der Waals surface area contributed by atoms with E-state index in [9.17, 15) is 4.79 Å². The second-order valence-corrected chi connectivity index (χ2v) is 5.17. The number of hydrogen-bond donors (Lipinski definition) is 0. The lowest BCUT2D eigenvalue weighted by atomic mass is 10.1. The highest BCUT2D eigenvalue weighted by Crippen LogP contribution is 2.08. The van der Waals surface area contributed by atoms with Gasteiger partial charge in [0.2, 0.25) is 0 Å². The van der Waals surface area contributed by atoms with E-state index in [0.717, 1.165) is 24.2 Å². The highest BCUT2D eigenvalue weighted by molar-refractivity contribution is 5.96. The standard InChI is InChI=1S/C16H25NO2/c1-13(2)17(10-11-19-4)9-8-16(18)15-7-5-6-14(3)12-15/h5-7,12-13H,8-11H2,1-4H3. The predicted octanol–water partition coefficient (Wildman–Crippen LogP) is 2.92. The van der Waals surface area contributed by atoms with Crippen LogP contribution in [0, 0.1) is 6.92 Å². The van der Waals surface area contributed by atoms with Crippen molar-refractivity contribution in [2.24, 2.45) is 0 Å². The van der Waals surface area contributed by atoms with Crippen LogP contribution in [0.1, 0.15) is 36.2 Å². The van der Waals surface area contributed by atoms with Gasteiger partial charge in [0, 0.05) is 38.2 Å². The van der Waals surface area contributed by atoms with Crippen molar-refractivity contribution in [3.05, 3.63) is 35.4 Å². The summed E-state index contributed by atoms with van der Waals surface area (Å²) in [6.45, 7) is 8.66. The molecular formula is C16H25NO2. The molecule has 0 N–H and O–H groups in total. The smallest absolute Gasteiger partial charge is 0.164 e. The largest absolute Gasteiger partial charge is 0.383 e. The van der Waals surface area contributed by atoms with E-state index >= 15 is 0 Å². The molecule has 0 fully saturated rings. The number of hydrogen-bond acceptors (Lipinski definition) is 3. The van der Waals surface area contributed by atoms with E-state index < -0.39 is 0 Å². The summed E-state index contributed by atoms with van der Waals surface area (Å²) in [5.41, 5.74) is 1.95.